The molecule has 2 heterocycles. The Balaban J connectivity index is -0.00000145. The molecular weight excluding hydrogens is 1870 g/mol. The number of alkyl carbamates (subject to hydrolysis) is 1. The summed E-state index contributed by atoms with van der Waals surface area (Å²) in [4.78, 5) is 62.6. The van der Waals surface area contributed by atoms with Crippen molar-refractivity contribution >= 4 is 104 Å². The number of carbonyl (C=O) groups is 3. The van der Waals surface area contributed by atoms with Crippen LogP contribution in [0.3, 0.4) is 0 Å². The largest absolute Gasteiger partial charge is 0.519 e. The lowest BCUT2D eigenvalue weighted by Gasteiger charge is -2.20. The van der Waals surface area contributed by atoms with Crippen molar-refractivity contribution in [2.24, 2.45) is 5.73 Å². The Morgan fingerprint density at radius 2 is 0.812 bits per heavy atom. The van der Waals surface area contributed by atoms with Crippen molar-refractivity contribution < 1.29 is 109 Å². The van der Waals surface area contributed by atoms with Gasteiger partial charge in [-0.15, -0.1) is 10.1 Å². The number of nitriles is 3. The van der Waals surface area contributed by atoms with E-state index in [2.05, 4.69) is 41.9 Å². The van der Waals surface area contributed by atoms with Gasteiger partial charge in [0.05, 0.1) is 81.2 Å². The number of nitrogens with one attached hydrogen (secondary N) is 1. The highest BCUT2D eigenvalue weighted by atomic mass is 79.9. The number of nitrogen functional groups attached to an aromatic ring is 2. The van der Waals surface area contributed by atoms with Crippen molar-refractivity contribution in [1.82, 2.24) is 5.32 Å². The third-order valence-electron chi connectivity index (χ3n) is 15.4. The number of nitro groups is 2. The van der Waals surface area contributed by atoms with Crippen molar-refractivity contribution in [2.45, 2.75) is 160 Å². The maximum atomic E-state index is 11.7. The predicted octanol–water partition coefficient (Wildman–Crippen LogP) is 19.4. The van der Waals surface area contributed by atoms with Crippen molar-refractivity contribution in [2.75, 3.05) is 64.3 Å². The van der Waals surface area contributed by atoms with E-state index in [1.165, 1.54) is 49.9 Å². The lowest BCUT2D eigenvalue weighted by atomic mass is 9.80. The van der Waals surface area contributed by atoms with Crippen molar-refractivity contribution in [1.29, 1.82) is 15.8 Å². The molecule has 2 saturated heterocycles. The Morgan fingerprint density at radius 1 is 0.489 bits per heavy atom. The highest BCUT2D eigenvalue weighted by molar-refractivity contribution is 9.10. The minimum absolute atomic E-state index is 0. The van der Waals surface area contributed by atoms with Crippen molar-refractivity contribution in [3.8, 4) is 74.6 Å². The Morgan fingerprint density at radius 3 is 1.15 bits per heavy atom. The molecule has 2 aliphatic rings. The second-order valence-corrected chi connectivity index (χ2v) is 31.8. The number of para-hydroxylation sites is 4. The first-order chi connectivity index (χ1) is 61.2. The lowest BCUT2D eigenvalue weighted by molar-refractivity contribution is -0.742. The molecule has 12 N–H and O–H groups in total. The lowest BCUT2D eigenvalue weighted by Crippen LogP contribution is -2.32. The van der Waals surface area contributed by atoms with Gasteiger partial charge in [0.2, 0.25) is 0 Å². The predicted molar refractivity (Wildman–Crippen MR) is 518 cm³/mol. The average Bonchev–Trinajstić information content (AvgIpc) is 1.15. The molecule has 719 valence electrons. The van der Waals surface area contributed by atoms with Gasteiger partial charge in [-0.05, 0) is 228 Å². The summed E-state index contributed by atoms with van der Waals surface area (Å²) < 4.78 is 83.9. The molecule has 11 rings (SSSR count). The van der Waals surface area contributed by atoms with Crippen LogP contribution in [-0.2, 0) is 51.9 Å². The van der Waals surface area contributed by atoms with Crippen LogP contribution in [0.25, 0.3) is 33.4 Å². The summed E-state index contributed by atoms with van der Waals surface area (Å²) in [6.45, 7) is 30.2. The van der Waals surface area contributed by atoms with E-state index < -0.39 is 67.7 Å². The summed E-state index contributed by atoms with van der Waals surface area (Å²) in [5.41, 5.74) is 25.7. The number of anilines is 2. The maximum Gasteiger partial charge on any atom is 0.519 e. The normalized spacial score (nSPS) is 11.0. The zero-order valence-corrected chi connectivity index (χ0v) is 78.9. The SMILES string of the molecule is C.C.C1CCOC1.C1CCOC1.CC(C)(C)OC(=O)OC(=O)OC(C)(C)C.CCOc1ccccc1-c1ccc(C#N)cc1[N+](=O)[O-].CCOc1ccccc1-c1ccc(CN)cc1N.CCOc1ccccc1-c1ccc(CNC(=O)OC(C)(C)C)cc1N.CCOc1ccccc1B(O)O.N#Cc1ccc(Br)c([N+](=O)[O-])c1.N#Cc1ccc(Br)cc1.O=S(=O)(O)O.O=[N+]([O-])O.[B]. The van der Waals surface area contributed by atoms with Gasteiger partial charge in [0.25, 0.3) is 16.5 Å². The number of amides is 1. The van der Waals surface area contributed by atoms with E-state index in [-0.39, 0.29) is 45.8 Å². The van der Waals surface area contributed by atoms with E-state index in [1.807, 2.05) is 170 Å². The molecule has 2 aliphatic heterocycles. The molecule has 2 fully saturated rings. The molecule has 41 heteroatoms. The van der Waals surface area contributed by atoms with Crippen molar-refractivity contribution in [3.05, 3.63) is 261 Å². The molecule has 0 spiro atoms. The molecule has 9 aromatic rings. The molecule has 0 unspecified atom stereocenters. The van der Waals surface area contributed by atoms with Crippen LogP contribution in [0.1, 0.15) is 158 Å². The number of nitrogens with two attached hydrogens (primary N) is 3. The number of hydrogen-bond acceptors (Lipinski definition) is 29. The van der Waals surface area contributed by atoms with E-state index in [0.717, 1.165) is 81.5 Å². The van der Waals surface area contributed by atoms with Crippen LogP contribution in [0, 0.1) is 64.3 Å². The topological polar surface area (TPSA) is 570 Å². The molecule has 0 aromatic heterocycles. The van der Waals surface area contributed by atoms with E-state index >= 15 is 0 Å². The van der Waals surface area contributed by atoms with Gasteiger partial charge in [-0.2, -0.15) is 24.2 Å². The summed E-state index contributed by atoms with van der Waals surface area (Å²) in [7, 11) is -6.13. The number of nitro benzene ring substituents is 2. The summed E-state index contributed by atoms with van der Waals surface area (Å²) in [5, 5.41) is 81.4. The van der Waals surface area contributed by atoms with Gasteiger partial charge < -0.3 is 85.1 Å². The van der Waals surface area contributed by atoms with Gasteiger partial charge in [0, 0.05) is 109 Å². The monoisotopic (exact) mass is 1990 g/mol. The summed E-state index contributed by atoms with van der Waals surface area (Å²) in [6, 6.07) is 62.9. The minimum atomic E-state index is -4.67. The number of rotatable bonds is 17. The Kier molecular flexibility index (Phi) is 62.0. The van der Waals surface area contributed by atoms with E-state index in [4.69, 9.17) is 119 Å². The fourth-order valence-electron chi connectivity index (χ4n) is 10.2. The van der Waals surface area contributed by atoms with Crippen LogP contribution < -0.4 is 46.9 Å². The van der Waals surface area contributed by atoms with Crippen molar-refractivity contribution in [3.63, 3.8) is 0 Å². The quantitative estimate of drug-likeness (QED) is 0.00597. The highest BCUT2D eigenvalue weighted by Crippen LogP contribution is 2.39. The Bertz CT molecular complexity index is 5210. The third kappa shape index (κ3) is 55.7. The molecule has 0 bridgehead atoms. The first-order valence-electron chi connectivity index (χ1n) is 39.9. The summed E-state index contributed by atoms with van der Waals surface area (Å²) in [5.74, 6) is 2.77. The second kappa shape index (κ2) is 66.4. The molecular formula is C92H119B2Br2N10O26S. The molecule has 0 atom stereocenters. The van der Waals surface area contributed by atoms with Crippen LogP contribution in [0.4, 0.5) is 37.1 Å². The van der Waals surface area contributed by atoms with Crippen LogP contribution in [0.5, 0.6) is 23.0 Å². The molecule has 3 radical (unpaired) electrons. The van der Waals surface area contributed by atoms with Crippen LogP contribution in [0.2, 0.25) is 0 Å². The first kappa shape index (κ1) is 124. The average molecular weight is 1990 g/mol. The van der Waals surface area contributed by atoms with Gasteiger partial charge >= 0.3 is 35.9 Å². The maximum absolute atomic E-state index is 11.7. The van der Waals surface area contributed by atoms with Gasteiger partial charge in [0.15, 0.2) is 0 Å². The minimum Gasteiger partial charge on any atom is -0.494 e. The number of nitrogens with zero attached hydrogens (tertiary/aromatic N) is 6. The number of ether oxygens (including phenoxy) is 10. The van der Waals surface area contributed by atoms with Gasteiger partial charge in [-0.25, -0.2) is 14.4 Å². The summed E-state index contributed by atoms with van der Waals surface area (Å²) >= 11 is 6.27. The Hall–Kier alpha value is -13.0. The van der Waals surface area contributed by atoms with E-state index in [9.17, 15) is 34.6 Å². The molecule has 133 heavy (non-hydrogen) atoms. The zero-order valence-electron chi connectivity index (χ0n) is 74.9. The van der Waals surface area contributed by atoms with Crippen LogP contribution >= 0.6 is 31.9 Å². The van der Waals surface area contributed by atoms with Gasteiger partial charge in [0.1, 0.15) is 39.8 Å². The molecule has 0 saturated carbocycles. The van der Waals surface area contributed by atoms with Crippen LogP contribution in [-0.4, -0.2) is 151 Å². The fraction of sp³-hybridized carbons (Fsp3) is 0.348. The standard InChI is InChI=1S/C20H26N2O3.C15H12N2O3.C15H18N2O.C10H18O5.C8H11BO3.C7H3BrN2O2.C7H4BrN.2C4H8O.2CH4.B.HNO3.H2O4S/c1-5-24-18-9-7-6-8-16(18)15-11-10-14(12-17(15)21)13-22-19(23)25-20(2,3)4;1-2-20-15-6-4-3-5-13(15)12-8-7-11(10-16)9-14(12)17(18)19;1-2-18-15-6-4-3-5-13(15)12-8-7-11(10-16)9-14(12)17;1-9(2,3)14-7(11)13-8(12)15-10(4,5)6;1-2-12-8-6-4-3-5-7(8)9(10)11;8-6-2-1-5(4-9)3-7(6)10(11)12;8-7-3-1-6(5-9)2-4-7;2*1-2-4-5-3-1;;;;2-1(3)4;1-5(2,3)4/h6-12H,5,13,21H2,1-4H3,(H,22,23);3-9H,2H2,1H3;3-9H,2,10,16-17H2,1H3;1-6H3;3-6,10-11H,2H2,1H3;1-3H;1-4H;2*1-4H2;2*1H4;;(H,2,3,4);(H2,1,2,3,4). The molecule has 1 amide bonds. The smallest absolute Gasteiger partial charge is 0.494 e. The highest BCUT2D eigenvalue weighted by Gasteiger charge is 2.26. The fourth-order valence-corrected chi connectivity index (χ4v) is 10.8. The second-order valence-electron chi connectivity index (χ2n) is 29.1. The van der Waals surface area contributed by atoms with Gasteiger partial charge in [-0.3, -0.25) is 29.3 Å². The summed E-state index contributed by atoms with van der Waals surface area (Å²) in [6.07, 6.45) is 2.55. The van der Waals surface area contributed by atoms with E-state index in [0.29, 0.717) is 83.3 Å². The molecule has 0 aliphatic carbocycles. The molecule has 36 nitrogen and oxygen atoms in total. The van der Waals surface area contributed by atoms with Crippen LogP contribution in [0.15, 0.2) is 203 Å². The third-order valence-corrected chi connectivity index (χ3v) is 16.6. The Labute approximate surface area is 796 Å². The zero-order chi connectivity index (χ0) is 98.2. The number of halogens is 2. The van der Waals surface area contributed by atoms with E-state index in [1.54, 1.807) is 108 Å². The number of hydrogen-bond donors (Lipinski definition) is 9. The first-order valence-corrected chi connectivity index (χ1v) is 42.9. The number of carbonyl (C=O) groups excluding carboxylic acids is 3. The number of benzene rings is 9. The van der Waals surface area contributed by atoms with Gasteiger partial charge in [-0.1, -0.05) is 128 Å². The molecule has 9 aromatic carbocycles.